The highest BCUT2D eigenvalue weighted by Crippen LogP contribution is 2.35. The number of aromatic nitrogens is 4. The molecule has 3 aromatic carbocycles. The lowest BCUT2D eigenvalue weighted by molar-refractivity contribution is 0.307. The number of imidazole rings is 2. The summed E-state index contributed by atoms with van der Waals surface area (Å²) >= 11 is 0. The number of hydrogen-bond donors (Lipinski definition) is 2. The molecule has 182 valence electrons. The topological polar surface area (TPSA) is 63.8 Å². The molecule has 0 saturated carbocycles. The summed E-state index contributed by atoms with van der Waals surface area (Å²) < 4.78 is 0. The van der Waals surface area contributed by atoms with Gasteiger partial charge in [0.1, 0.15) is 11.6 Å². The van der Waals surface area contributed by atoms with E-state index in [-0.39, 0.29) is 0 Å². The molecule has 2 atom stereocenters. The summed E-state index contributed by atoms with van der Waals surface area (Å²) in [5.41, 5.74) is 6.86. The molecule has 4 heterocycles. The van der Waals surface area contributed by atoms with Crippen molar-refractivity contribution in [3.63, 3.8) is 0 Å². The molecule has 6 heteroatoms. The van der Waals surface area contributed by atoms with Crippen molar-refractivity contribution in [1.29, 1.82) is 0 Å². The molecule has 2 N–H and O–H groups in total. The van der Waals surface area contributed by atoms with Crippen molar-refractivity contribution in [3.8, 4) is 22.4 Å². The normalized spacial score (nSPS) is 21.3. The van der Waals surface area contributed by atoms with Crippen LogP contribution in [0.3, 0.4) is 0 Å². The molecule has 2 aliphatic rings. The van der Waals surface area contributed by atoms with Gasteiger partial charge in [0.2, 0.25) is 0 Å². The Labute approximate surface area is 211 Å². The van der Waals surface area contributed by atoms with Crippen LogP contribution in [0, 0.1) is 0 Å². The van der Waals surface area contributed by atoms with E-state index in [1.54, 1.807) is 0 Å². The molecule has 6 nitrogen and oxygen atoms in total. The van der Waals surface area contributed by atoms with Gasteiger partial charge < -0.3 is 9.97 Å². The maximum Gasteiger partial charge on any atom is 0.124 e. The zero-order valence-electron chi connectivity index (χ0n) is 21.0. The SMILES string of the molecule is CN1CCCC1c1ncc(-c2ccc3c(-c4ccc5nc(C6CCCN6C)[nH]c5c4)cccc3c2)[nH]1. The lowest BCUT2D eigenvalue weighted by atomic mass is 9.96. The first kappa shape index (κ1) is 21.8. The number of likely N-dealkylation sites (tertiary alicyclic amines) is 2. The molecular weight excluding hydrogens is 444 g/mol. The second-order valence-electron chi connectivity index (χ2n) is 10.6. The summed E-state index contributed by atoms with van der Waals surface area (Å²) in [6.07, 6.45) is 6.80. The van der Waals surface area contributed by atoms with Crippen molar-refractivity contribution in [3.05, 3.63) is 72.4 Å². The second-order valence-corrected chi connectivity index (χ2v) is 10.6. The molecule has 7 rings (SSSR count). The van der Waals surface area contributed by atoms with Crippen LogP contribution in [0.4, 0.5) is 0 Å². The van der Waals surface area contributed by atoms with Gasteiger partial charge in [-0.25, -0.2) is 9.97 Å². The van der Waals surface area contributed by atoms with E-state index in [1.807, 2.05) is 6.20 Å². The van der Waals surface area contributed by atoms with E-state index in [4.69, 9.17) is 9.97 Å². The number of nitrogens with one attached hydrogen (secondary N) is 2. The van der Waals surface area contributed by atoms with Gasteiger partial charge in [-0.1, -0.05) is 36.4 Å². The highest BCUT2D eigenvalue weighted by atomic mass is 15.2. The monoisotopic (exact) mass is 476 g/mol. The summed E-state index contributed by atoms with van der Waals surface area (Å²) in [4.78, 5) is 21.6. The second kappa shape index (κ2) is 8.57. The minimum Gasteiger partial charge on any atom is -0.341 e. The number of fused-ring (bicyclic) bond motifs is 2. The van der Waals surface area contributed by atoms with E-state index >= 15 is 0 Å². The standard InChI is InChI=1S/C30H32N6/c1-35-14-4-8-27(35)29-31-18-26(34-29)21-10-12-23-19(16-21)6-3-7-22(23)20-11-13-24-25(17-20)33-30(32-24)28-9-5-15-36(28)2/h3,6-7,10-13,16-18,27-28H,4-5,8-9,14-15H2,1-2H3,(H,31,34)(H,32,33). The van der Waals surface area contributed by atoms with Crippen LogP contribution in [-0.4, -0.2) is 56.9 Å². The minimum atomic E-state index is 0.397. The highest BCUT2D eigenvalue weighted by molar-refractivity contribution is 5.99. The molecule has 5 aromatic rings. The molecule has 0 aliphatic carbocycles. The van der Waals surface area contributed by atoms with E-state index in [0.29, 0.717) is 12.1 Å². The third kappa shape index (κ3) is 3.64. The Morgan fingerprint density at radius 3 is 2.36 bits per heavy atom. The average Bonchev–Trinajstić information content (AvgIpc) is 3.69. The molecule has 0 radical (unpaired) electrons. The number of H-pyrrole nitrogens is 2. The quantitative estimate of drug-likeness (QED) is 0.319. The van der Waals surface area contributed by atoms with Crippen LogP contribution in [0.15, 0.2) is 60.8 Å². The van der Waals surface area contributed by atoms with Crippen molar-refractivity contribution < 1.29 is 0 Å². The summed E-state index contributed by atoms with van der Waals surface area (Å²) in [5, 5.41) is 2.49. The molecule has 0 bridgehead atoms. The maximum absolute atomic E-state index is 4.91. The molecule has 2 saturated heterocycles. The molecular formula is C30H32N6. The summed E-state index contributed by atoms with van der Waals surface area (Å²) in [7, 11) is 4.38. The molecule has 36 heavy (non-hydrogen) atoms. The minimum absolute atomic E-state index is 0.397. The van der Waals surface area contributed by atoms with Crippen molar-refractivity contribution in [2.75, 3.05) is 27.2 Å². The Morgan fingerprint density at radius 2 is 1.58 bits per heavy atom. The van der Waals surface area contributed by atoms with Crippen molar-refractivity contribution >= 4 is 21.8 Å². The highest BCUT2D eigenvalue weighted by Gasteiger charge is 2.26. The largest absolute Gasteiger partial charge is 0.341 e. The molecule has 2 unspecified atom stereocenters. The van der Waals surface area contributed by atoms with E-state index in [2.05, 4.69) is 88.5 Å². The fourth-order valence-electron chi connectivity index (χ4n) is 6.22. The zero-order valence-corrected chi connectivity index (χ0v) is 21.0. The summed E-state index contributed by atoms with van der Waals surface area (Å²) in [6, 6.07) is 20.7. The fourth-order valence-corrected chi connectivity index (χ4v) is 6.22. The Hall–Kier alpha value is -3.48. The predicted molar refractivity (Wildman–Crippen MR) is 146 cm³/mol. The number of hydrogen-bond acceptors (Lipinski definition) is 4. The van der Waals surface area contributed by atoms with E-state index < -0.39 is 0 Å². The first-order valence-corrected chi connectivity index (χ1v) is 13.1. The average molecular weight is 477 g/mol. The zero-order chi connectivity index (χ0) is 24.2. The summed E-state index contributed by atoms with van der Waals surface area (Å²) in [6.45, 7) is 2.28. The van der Waals surface area contributed by atoms with Gasteiger partial charge in [0.25, 0.3) is 0 Å². The van der Waals surface area contributed by atoms with Crippen molar-refractivity contribution in [2.24, 2.45) is 0 Å². The molecule has 2 aromatic heterocycles. The van der Waals surface area contributed by atoms with Crippen LogP contribution < -0.4 is 0 Å². The number of benzene rings is 3. The third-order valence-electron chi connectivity index (χ3n) is 8.27. The smallest absolute Gasteiger partial charge is 0.124 e. The molecule has 0 amide bonds. The number of rotatable bonds is 4. The Bertz CT molecular complexity index is 1560. The predicted octanol–water partition coefficient (Wildman–Crippen LogP) is 6.31. The van der Waals surface area contributed by atoms with Gasteiger partial charge in [-0.15, -0.1) is 0 Å². The van der Waals surface area contributed by atoms with Gasteiger partial charge in [-0.2, -0.15) is 0 Å². The molecule has 0 spiro atoms. The first-order valence-electron chi connectivity index (χ1n) is 13.1. The first-order chi connectivity index (χ1) is 17.6. The molecule has 2 fully saturated rings. The van der Waals surface area contributed by atoms with E-state index in [0.717, 1.165) is 41.5 Å². The Morgan fingerprint density at radius 1 is 0.806 bits per heavy atom. The van der Waals surface area contributed by atoms with E-state index in [9.17, 15) is 0 Å². The number of aromatic amines is 2. The lowest BCUT2D eigenvalue weighted by Crippen LogP contribution is -2.18. The van der Waals surface area contributed by atoms with E-state index in [1.165, 1.54) is 53.1 Å². The Balaban J connectivity index is 1.23. The summed E-state index contributed by atoms with van der Waals surface area (Å²) in [5.74, 6) is 2.17. The van der Waals surface area contributed by atoms with Crippen LogP contribution in [0.1, 0.15) is 49.4 Å². The van der Waals surface area contributed by atoms with Crippen LogP contribution in [0.25, 0.3) is 44.2 Å². The fraction of sp³-hybridized carbons (Fsp3) is 0.333. The van der Waals surface area contributed by atoms with Gasteiger partial charge >= 0.3 is 0 Å². The van der Waals surface area contributed by atoms with Gasteiger partial charge in [0.15, 0.2) is 0 Å². The van der Waals surface area contributed by atoms with Crippen molar-refractivity contribution in [2.45, 2.75) is 37.8 Å². The lowest BCUT2D eigenvalue weighted by Gasteiger charge is -2.16. The van der Waals surface area contributed by atoms with Crippen LogP contribution in [0.2, 0.25) is 0 Å². The van der Waals surface area contributed by atoms with Crippen LogP contribution in [-0.2, 0) is 0 Å². The van der Waals surface area contributed by atoms with Crippen LogP contribution >= 0.6 is 0 Å². The maximum atomic E-state index is 4.91. The van der Waals surface area contributed by atoms with Gasteiger partial charge in [0.05, 0.1) is 35.0 Å². The third-order valence-corrected chi connectivity index (χ3v) is 8.27. The molecule has 2 aliphatic heterocycles. The van der Waals surface area contributed by atoms with Gasteiger partial charge in [0, 0.05) is 5.56 Å². The van der Waals surface area contributed by atoms with Crippen LogP contribution in [0.5, 0.6) is 0 Å². The Kier molecular flexibility index (Phi) is 5.19. The number of nitrogens with zero attached hydrogens (tertiary/aromatic N) is 4. The van der Waals surface area contributed by atoms with Gasteiger partial charge in [-0.05, 0) is 93.0 Å². The van der Waals surface area contributed by atoms with Gasteiger partial charge in [-0.3, -0.25) is 9.80 Å². The van der Waals surface area contributed by atoms with Crippen molar-refractivity contribution in [1.82, 2.24) is 29.7 Å².